The number of aromatic nitrogens is 4. The highest BCUT2D eigenvalue weighted by molar-refractivity contribution is 8.01. The van der Waals surface area contributed by atoms with Crippen molar-refractivity contribution in [3.05, 3.63) is 42.0 Å². The Bertz CT molecular complexity index is 913. The number of nitrogens with zero attached hydrogens (tertiary/aromatic N) is 4. The molecule has 0 saturated carbocycles. The van der Waals surface area contributed by atoms with E-state index in [0.29, 0.717) is 17.4 Å². The molecule has 3 aromatic rings. The molecule has 0 bridgehead atoms. The van der Waals surface area contributed by atoms with Crippen molar-refractivity contribution < 1.29 is 18.7 Å². The Morgan fingerprint density at radius 3 is 2.78 bits per heavy atom. The third kappa shape index (κ3) is 4.81. The Labute approximate surface area is 162 Å². The van der Waals surface area contributed by atoms with E-state index in [1.165, 1.54) is 47.0 Å². The van der Waals surface area contributed by atoms with Crippen LogP contribution in [-0.4, -0.2) is 52.5 Å². The van der Waals surface area contributed by atoms with E-state index in [1.54, 1.807) is 25.4 Å². The lowest BCUT2D eigenvalue weighted by Crippen LogP contribution is -2.14. The summed E-state index contributed by atoms with van der Waals surface area (Å²) in [5.41, 5.74) is 0.687. The fourth-order valence-corrected chi connectivity index (χ4v) is 3.80. The summed E-state index contributed by atoms with van der Waals surface area (Å²) in [4.78, 5) is 12.5. The van der Waals surface area contributed by atoms with Crippen molar-refractivity contribution in [1.29, 1.82) is 0 Å². The smallest absolute Gasteiger partial charge is 0.281 e. The van der Waals surface area contributed by atoms with E-state index in [4.69, 9.17) is 9.47 Å². The molecule has 0 spiro atoms. The minimum atomic E-state index is -0.475. The lowest BCUT2D eigenvalue weighted by molar-refractivity contribution is 0.101. The summed E-state index contributed by atoms with van der Waals surface area (Å²) in [6, 6.07) is 5.73. The van der Waals surface area contributed by atoms with Crippen molar-refractivity contribution in [2.24, 2.45) is 0 Å². The number of hydrogen-bond donors (Lipinski definition) is 1. The number of ether oxygens (including phenoxy) is 2. The van der Waals surface area contributed by atoms with Gasteiger partial charge in [-0.1, -0.05) is 23.1 Å². The Morgan fingerprint density at radius 2 is 2.07 bits per heavy atom. The Balaban J connectivity index is 1.73. The Kier molecular flexibility index (Phi) is 6.37. The van der Waals surface area contributed by atoms with Gasteiger partial charge in [-0.05, 0) is 24.3 Å². The average molecular weight is 409 g/mol. The number of rotatable bonds is 8. The summed E-state index contributed by atoms with van der Waals surface area (Å²) >= 11 is 2.75. The molecule has 11 heteroatoms. The Hall–Kier alpha value is -2.50. The van der Waals surface area contributed by atoms with Crippen LogP contribution in [-0.2, 0) is 4.74 Å². The van der Waals surface area contributed by atoms with E-state index in [-0.39, 0.29) is 17.3 Å². The standard InChI is InChI=1S/C16H16FN5O3S2/c1-24-7-8-26-16-20-19-15(27-16)18-14(23)13-12(25-2)9-22(21-13)11-5-3-10(17)4-6-11/h3-6,9H,7-8H2,1-2H3,(H,18,19,23). The van der Waals surface area contributed by atoms with Gasteiger partial charge in [0.15, 0.2) is 15.8 Å². The van der Waals surface area contributed by atoms with Crippen LogP contribution in [0.4, 0.5) is 9.52 Å². The molecule has 1 aromatic carbocycles. The van der Waals surface area contributed by atoms with Crippen molar-refractivity contribution in [1.82, 2.24) is 20.0 Å². The summed E-state index contributed by atoms with van der Waals surface area (Å²) in [6.45, 7) is 0.601. The van der Waals surface area contributed by atoms with Crippen LogP contribution in [0.1, 0.15) is 10.5 Å². The highest BCUT2D eigenvalue weighted by Crippen LogP contribution is 2.26. The number of thioether (sulfide) groups is 1. The fraction of sp³-hybridized carbons (Fsp3) is 0.250. The molecule has 3 rings (SSSR count). The highest BCUT2D eigenvalue weighted by atomic mass is 32.2. The molecule has 0 aliphatic heterocycles. The number of benzene rings is 1. The second-order valence-corrected chi connectivity index (χ2v) is 7.46. The van der Waals surface area contributed by atoms with Crippen molar-refractivity contribution in [3.63, 3.8) is 0 Å². The quantitative estimate of drug-likeness (QED) is 0.347. The molecule has 0 fully saturated rings. The Morgan fingerprint density at radius 1 is 1.30 bits per heavy atom. The van der Waals surface area contributed by atoms with Crippen LogP contribution in [0.15, 0.2) is 34.8 Å². The van der Waals surface area contributed by atoms with Crippen molar-refractivity contribution in [2.75, 3.05) is 31.9 Å². The van der Waals surface area contributed by atoms with Gasteiger partial charge < -0.3 is 9.47 Å². The third-order valence-electron chi connectivity index (χ3n) is 3.35. The molecule has 2 aromatic heterocycles. The summed E-state index contributed by atoms with van der Waals surface area (Å²) in [5.74, 6) is 0.203. The fourth-order valence-electron chi connectivity index (χ4n) is 2.08. The second-order valence-electron chi connectivity index (χ2n) is 5.14. The van der Waals surface area contributed by atoms with Crippen molar-refractivity contribution in [3.8, 4) is 11.4 Å². The van der Waals surface area contributed by atoms with Crippen LogP contribution in [0.3, 0.4) is 0 Å². The minimum Gasteiger partial charge on any atom is -0.493 e. The maximum atomic E-state index is 13.1. The maximum Gasteiger partial charge on any atom is 0.281 e. The van der Waals surface area contributed by atoms with Gasteiger partial charge >= 0.3 is 0 Å². The molecule has 0 radical (unpaired) electrons. The van der Waals surface area contributed by atoms with Gasteiger partial charge in [-0.3, -0.25) is 10.1 Å². The maximum absolute atomic E-state index is 13.1. The first-order valence-electron chi connectivity index (χ1n) is 7.77. The van der Waals surface area contributed by atoms with Gasteiger partial charge in [0, 0.05) is 12.9 Å². The summed E-state index contributed by atoms with van der Waals surface area (Å²) < 4.78 is 25.5. The molecule has 142 valence electrons. The largest absolute Gasteiger partial charge is 0.493 e. The molecule has 0 aliphatic rings. The molecule has 0 unspecified atom stereocenters. The number of hydrogen-bond acceptors (Lipinski definition) is 8. The zero-order chi connectivity index (χ0) is 19.2. The van der Waals surface area contributed by atoms with Gasteiger partial charge in [0.1, 0.15) is 5.82 Å². The SMILES string of the molecule is COCCSc1nnc(NC(=O)c2nn(-c3ccc(F)cc3)cc2OC)s1. The number of anilines is 1. The molecular formula is C16H16FN5O3S2. The van der Waals surface area contributed by atoms with E-state index in [9.17, 15) is 9.18 Å². The summed E-state index contributed by atoms with van der Waals surface area (Å²) in [6.07, 6.45) is 1.55. The molecule has 0 saturated heterocycles. The van der Waals surface area contributed by atoms with Crippen LogP contribution >= 0.6 is 23.1 Å². The minimum absolute atomic E-state index is 0.0885. The monoisotopic (exact) mass is 409 g/mol. The number of halogens is 1. The number of amides is 1. The van der Waals surface area contributed by atoms with Crippen LogP contribution in [0.2, 0.25) is 0 Å². The lowest BCUT2D eigenvalue weighted by Gasteiger charge is -2.00. The molecule has 8 nitrogen and oxygen atoms in total. The third-order valence-corrected chi connectivity index (χ3v) is 5.28. The topological polar surface area (TPSA) is 91.2 Å². The molecule has 1 N–H and O–H groups in total. The van der Waals surface area contributed by atoms with E-state index < -0.39 is 5.91 Å². The predicted molar refractivity (Wildman–Crippen MR) is 101 cm³/mol. The first-order chi connectivity index (χ1) is 13.1. The van der Waals surface area contributed by atoms with Gasteiger partial charge in [0.2, 0.25) is 5.13 Å². The highest BCUT2D eigenvalue weighted by Gasteiger charge is 2.20. The van der Waals surface area contributed by atoms with E-state index >= 15 is 0 Å². The zero-order valence-electron chi connectivity index (χ0n) is 14.5. The second kappa shape index (κ2) is 8.93. The number of methoxy groups -OCH3 is 2. The van der Waals surface area contributed by atoms with Crippen LogP contribution in [0.5, 0.6) is 5.75 Å². The molecule has 1 amide bonds. The molecule has 0 atom stereocenters. The predicted octanol–water partition coefficient (Wildman–Crippen LogP) is 2.86. The van der Waals surface area contributed by atoms with Gasteiger partial charge in [0.25, 0.3) is 5.91 Å². The normalized spacial score (nSPS) is 10.8. The summed E-state index contributed by atoms with van der Waals surface area (Å²) in [5, 5.41) is 15.2. The first kappa shape index (κ1) is 19.3. The van der Waals surface area contributed by atoms with Gasteiger partial charge in [-0.2, -0.15) is 5.10 Å². The van der Waals surface area contributed by atoms with Crippen LogP contribution < -0.4 is 10.1 Å². The number of carbonyl (C=O) groups excluding carboxylic acids is 1. The van der Waals surface area contributed by atoms with Crippen LogP contribution in [0, 0.1) is 5.82 Å². The molecular weight excluding hydrogens is 393 g/mol. The zero-order valence-corrected chi connectivity index (χ0v) is 16.1. The molecule has 0 aliphatic carbocycles. The van der Waals surface area contributed by atoms with E-state index in [0.717, 1.165) is 10.1 Å². The van der Waals surface area contributed by atoms with Crippen molar-refractivity contribution >= 4 is 34.1 Å². The average Bonchev–Trinajstić information content (AvgIpc) is 3.29. The van der Waals surface area contributed by atoms with Gasteiger partial charge in [-0.25, -0.2) is 9.07 Å². The van der Waals surface area contributed by atoms with Crippen LogP contribution in [0.25, 0.3) is 5.69 Å². The number of carbonyl (C=O) groups is 1. The van der Waals surface area contributed by atoms with Gasteiger partial charge in [-0.15, -0.1) is 10.2 Å². The first-order valence-corrected chi connectivity index (χ1v) is 9.57. The van der Waals surface area contributed by atoms with Crippen molar-refractivity contribution in [2.45, 2.75) is 4.34 Å². The summed E-state index contributed by atoms with van der Waals surface area (Å²) in [7, 11) is 3.07. The lowest BCUT2D eigenvalue weighted by atomic mass is 10.3. The van der Waals surface area contributed by atoms with E-state index in [2.05, 4.69) is 20.6 Å². The van der Waals surface area contributed by atoms with Gasteiger partial charge in [0.05, 0.1) is 25.6 Å². The van der Waals surface area contributed by atoms with E-state index in [1.807, 2.05) is 0 Å². The molecule has 27 heavy (non-hydrogen) atoms. The number of nitrogens with one attached hydrogen (secondary N) is 1. The molecule has 2 heterocycles.